The van der Waals surface area contributed by atoms with Crippen LogP contribution in [0.1, 0.15) is 27.2 Å². The molecule has 142 valence electrons. The number of amides is 1. The van der Waals surface area contributed by atoms with Crippen molar-refractivity contribution in [2.45, 2.75) is 38.9 Å². The van der Waals surface area contributed by atoms with Gasteiger partial charge < -0.3 is 19.7 Å². The van der Waals surface area contributed by atoms with Gasteiger partial charge in [-0.05, 0) is 32.9 Å². The van der Waals surface area contributed by atoms with Gasteiger partial charge in [-0.2, -0.15) is 10.5 Å². The smallest absolute Gasteiger partial charge is 0.410 e. The lowest BCUT2D eigenvalue weighted by Crippen LogP contribution is -2.36. The number of rotatable bonds is 4. The second-order valence-corrected chi connectivity index (χ2v) is 7.02. The Kier molecular flexibility index (Phi) is 6.25. The van der Waals surface area contributed by atoms with Gasteiger partial charge in [-0.15, -0.1) is 0 Å². The van der Waals surface area contributed by atoms with Crippen LogP contribution in [-0.2, 0) is 4.74 Å². The fourth-order valence-electron chi connectivity index (χ4n) is 2.45. The average molecular weight is 372 g/mol. The minimum Gasteiger partial charge on any atom is -0.486 e. The lowest BCUT2D eigenvalue weighted by Gasteiger charge is -2.24. The fraction of sp³-hybridized carbons (Fsp3) is 0.421. The molecule has 0 saturated carbocycles. The van der Waals surface area contributed by atoms with Crippen LogP contribution >= 0.6 is 0 Å². The van der Waals surface area contributed by atoms with Crippen LogP contribution < -0.4 is 10.1 Å². The van der Waals surface area contributed by atoms with Crippen molar-refractivity contribution in [3.05, 3.63) is 35.8 Å². The van der Waals surface area contributed by atoms with Crippen LogP contribution in [0.15, 0.2) is 30.0 Å². The number of ether oxygens (including phenoxy) is 2. The molecule has 1 saturated heterocycles. The van der Waals surface area contributed by atoms with Crippen molar-refractivity contribution in [2.24, 2.45) is 0 Å². The molecule has 1 aromatic rings. The lowest BCUT2D eigenvalue weighted by molar-refractivity contribution is 0.0276. The second kappa shape index (κ2) is 8.41. The normalized spacial score (nSPS) is 16.1. The van der Waals surface area contributed by atoms with Gasteiger partial charge in [-0.3, -0.25) is 0 Å². The number of nitrogens with one attached hydrogen (secondary N) is 1. The Morgan fingerprint density at radius 1 is 1.37 bits per heavy atom. The number of carbonyl (C=O) groups excluding carboxylic acids is 1. The van der Waals surface area contributed by atoms with E-state index in [4.69, 9.17) is 20.0 Å². The van der Waals surface area contributed by atoms with E-state index in [1.54, 1.807) is 37.8 Å². The van der Waals surface area contributed by atoms with E-state index in [1.165, 1.54) is 24.4 Å². The minimum absolute atomic E-state index is 0.151. The molecule has 1 heterocycles. The van der Waals surface area contributed by atoms with Gasteiger partial charge in [0, 0.05) is 25.2 Å². The Morgan fingerprint density at radius 2 is 2.07 bits per heavy atom. The van der Waals surface area contributed by atoms with E-state index in [-0.39, 0.29) is 17.4 Å². The minimum atomic E-state index is -0.574. The largest absolute Gasteiger partial charge is 0.486 e. The maximum absolute atomic E-state index is 13.6. The molecule has 0 aliphatic carbocycles. The molecule has 8 heteroatoms. The van der Waals surface area contributed by atoms with Crippen molar-refractivity contribution in [2.75, 3.05) is 18.4 Å². The summed E-state index contributed by atoms with van der Waals surface area (Å²) in [6.45, 7) is 6.25. The number of allylic oxidation sites excluding steroid dienone is 1. The summed E-state index contributed by atoms with van der Waals surface area (Å²) in [6, 6.07) is 7.34. The van der Waals surface area contributed by atoms with Crippen molar-refractivity contribution >= 4 is 11.8 Å². The second-order valence-electron chi connectivity index (χ2n) is 7.02. The zero-order valence-corrected chi connectivity index (χ0v) is 15.5. The van der Waals surface area contributed by atoms with Gasteiger partial charge in [-0.1, -0.05) is 0 Å². The summed E-state index contributed by atoms with van der Waals surface area (Å²) < 4.78 is 24.8. The third-order valence-electron chi connectivity index (χ3n) is 3.64. The van der Waals surface area contributed by atoms with Crippen molar-refractivity contribution in [3.8, 4) is 17.9 Å². The first-order valence-electron chi connectivity index (χ1n) is 8.43. The number of likely N-dealkylation sites (tertiary alicyclic amines) is 1. The highest BCUT2D eigenvalue weighted by Crippen LogP contribution is 2.29. The van der Waals surface area contributed by atoms with E-state index >= 15 is 0 Å². The molecule has 1 amide bonds. The van der Waals surface area contributed by atoms with Crippen LogP contribution in [0.5, 0.6) is 5.75 Å². The molecule has 0 spiro atoms. The predicted molar refractivity (Wildman–Crippen MR) is 96.2 cm³/mol. The SMILES string of the molecule is CC(C)(C)OC(=O)N1CCC(Oc2ccc(F)cc2NC=C(C#N)C#N)C1. The molecule has 1 aliphatic heterocycles. The van der Waals surface area contributed by atoms with E-state index in [0.717, 1.165) is 0 Å². The monoisotopic (exact) mass is 372 g/mol. The number of nitrogens with zero attached hydrogens (tertiary/aromatic N) is 3. The molecule has 27 heavy (non-hydrogen) atoms. The molecule has 0 radical (unpaired) electrons. The zero-order chi connectivity index (χ0) is 20.0. The summed E-state index contributed by atoms with van der Waals surface area (Å²) >= 11 is 0. The average Bonchev–Trinajstić information content (AvgIpc) is 3.05. The Balaban J connectivity index is 2.06. The highest BCUT2D eigenvalue weighted by molar-refractivity contribution is 5.68. The van der Waals surface area contributed by atoms with Crippen LogP contribution in [0.2, 0.25) is 0 Å². The Bertz CT molecular complexity index is 802. The molecular weight excluding hydrogens is 351 g/mol. The highest BCUT2D eigenvalue weighted by atomic mass is 19.1. The van der Waals surface area contributed by atoms with Crippen LogP contribution in [0.25, 0.3) is 0 Å². The van der Waals surface area contributed by atoms with Gasteiger partial charge in [0.15, 0.2) is 0 Å². The van der Waals surface area contributed by atoms with Crippen LogP contribution in [0.4, 0.5) is 14.9 Å². The first kappa shape index (κ1) is 20.1. The quantitative estimate of drug-likeness (QED) is 0.812. The van der Waals surface area contributed by atoms with Crippen LogP contribution in [-0.4, -0.2) is 35.8 Å². The summed E-state index contributed by atoms with van der Waals surface area (Å²) in [5, 5.41) is 20.3. The number of hydrogen-bond acceptors (Lipinski definition) is 6. The number of anilines is 1. The van der Waals surface area contributed by atoms with Gasteiger partial charge >= 0.3 is 6.09 Å². The Morgan fingerprint density at radius 3 is 2.70 bits per heavy atom. The molecule has 0 aromatic heterocycles. The lowest BCUT2D eigenvalue weighted by atomic mass is 10.2. The fourth-order valence-corrected chi connectivity index (χ4v) is 2.45. The maximum atomic E-state index is 13.6. The van der Waals surface area contributed by atoms with E-state index in [2.05, 4.69) is 5.32 Å². The first-order valence-corrected chi connectivity index (χ1v) is 8.43. The number of halogens is 1. The molecule has 1 unspecified atom stereocenters. The molecule has 1 aromatic carbocycles. The van der Waals surface area contributed by atoms with Crippen LogP contribution in [0, 0.1) is 28.5 Å². The first-order chi connectivity index (χ1) is 12.7. The van der Waals surface area contributed by atoms with Crippen molar-refractivity contribution in [1.82, 2.24) is 4.90 Å². The highest BCUT2D eigenvalue weighted by Gasteiger charge is 2.31. The molecule has 0 bridgehead atoms. The number of carbonyl (C=O) groups is 1. The molecule has 1 aliphatic rings. The van der Waals surface area contributed by atoms with Crippen molar-refractivity contribution in [1.29, 1.82) is 10.5 Å². The number of benzene rings is 1. The molecule has 1 N–H and O–H groups in total. The summed E-state index contributed by atoms with van der Waals surface area (Å²) in [5.74, 6) is -0.130. The molecule has 1 fully saturated rings. The van der Waals surface area contributed by atoms with Gasteiger partial charge in [0.1, 0.15) is 41.0 Å². The Labute approximate surface area is 157 Å². The van der Waals surface area contributed by atoms with Gasteiger partial charge in [-0.25, -0.2) is 9.18 Å². The Hall–Kier alpha value is -3.26. The van der Waals surface area contributed by atoms with E-state index in [0.29, 0.717) is 25.3 Å². The predicted octanol–water partition coefficient (Wildman–Crippen LogP) is 3.56. The third-order valence-corrected chi connectivity index (χ3v) is 3.64. The number of nitriles is 2. The van der Waals surface area contributed by atoms with Crippen molar-refractivity contribution < 1.29 is 18.7 Å². The van der Waals surface area contributed by atoms with Gasteiger partial charge in [0.05, 0.1) is 12.2 Å². The van der Waals surface area contributed by atoms with Gasteiger partial charge in [0.2, 0.25) is 0 Å². The summed E-state index contributed by atoms with van der Waals surface area (Å²) in [6.07, 6.45) is 1.11. The van der Waals surface area contributed by atoms with Crippen molar-refractivity contribution in [3.63, 3.8) is 0 Å². The zero-order valence-electron chi connectivity index (χ0n) is 15.5. The van der Waals surface area contributed by atoms with E-state index in [1.807, 2.05) is 0 Å². The van der Waals surface area contributed by atoms with Crippen LogP contribution in [0.3, 0.4) is 0 Å². The van der Waals surface area contributed by atoms with E-state index < -0.39 is 17.5 Å². The topological polar surface area (TPSA) is 98.4 Å². The third kappa shape index (κ3) is 5.89. The number of hydrogen-bond donors (Lipinski definition) is 1. The summed E-state index contributed by atoms with van der Waals surface area (Å²) in [5.41, 5.74) is -0.439. The molecule has 1 atom stereocenters. The summed E-state index contributed by atoms with van der Waals surface area (Å²) in [7, 11) is 0. The molecule has 2 rings (SSSR count). The van der Waals surface area contributed by atoms with Gasteiger partial charge in [0.25, 0.3) is 0 Å². The summed E-state index contributed by atoms with van der Waals surface area (Å²) in [4.78, 5) is 13.7. The molecular formula is C19H21FN4O3. The molecule has 7 nitrogen and oxygen atoms in total. The maximum Gasteiger partial charge on any atom is 0.410 e. The standard InChI is InChI=1S/C19H21FN4O3/c1-19(2,3)27-18(25)24-7-6-15(12-24)26-17-5-4-14(20)8-16(17)23-11-13(9-21)10-22/h4-5,8,11,15,23H,6-7,12H2,1-3H3. The van der Waals surface area contributed by atoms with E-state index in [9.17, 15) is 9.18 Å².